The molecular formula is C18H13Cl2NO4. The van der Waals surface area contributed by atoms with E-state index in [-0.39, 0.29) is 11.3 Å². The summed E-state index contributed by atoms with van der Waals surface area (Å²) in [5.41, 5.74) is 0.243. The predicted molar refractivity (Wildman–Crippen MR) is 94.1 cm³/mol. The number of nitriles is 1. The molecule has 0 heterocycles. The van der Waals surface area contributed by atoms with Crippen molar-refractivity contribution in [1.82, 2.24) is 0 Å². The first kappa shape index (κ1) is 18.7. The number of hydrogen-bond donors (Lipinski definition) is 0. The Morgan fingerprint density at radius 3 is 2.64 bits per heavy atom. The van der Waals surface area contributed by atoms with Gasteiger partial charge in [0.05, 0.1) is 16.8 Å². The molecule has 0 spiro atoms. The number of rotatable bonds is 6. The van der Waals surface area contributed by atoms with E-state index in [4.69, 9.17) is 32.7 Å². The number of hydrogen-bond acceptors (Lipinski definition) is 5. The van der Waals surface area contributed by atoms with E-state index in [0.29, 0.717) is 21.5 Å². The van der Waals surface area contributed by atoms with E-state index in [1.807, 2.05) is 6.07 Å². The van der Waals surface area contributed by atoms with E-state index < -0.39 is 12.1 Å². The van der Waals surface area contributed by atoms with Crippen LogP contribution in [0.2, 0.25) is 10.0 Å². The number of esters is 1. The molecule has 7 heteroatoms. The first-order valence-corrected chi connectivity index (χ1v) is 7.85. The maximum atomic E-state index is 11.6. The number of ether oxygens (including phenoxy) is 3. The van der Waals surface area contributed by atoms with Gasteiger partial charge in [0.1, 0.15) is 23.3 Å². The highest BCUT2D eigenvalue weighted by Gasteiger charge is 2.18. The van der Waals surface area contributed by atoms with Crippen LogP contribution in [0.4, 0.5) is 0 Å². The van der Waals surface area contributed by atoms with Crippen LogP contribution in [-0.4, -0.2) is 12.1 Å². The second-order valence-corrected chi connectivity index (χ2v) is 5.65. The van der Waals surface area contributed by atoms with Crippen molar-refractivity contribution in [2.24, 2.45) is 0 Å². The van der Waals surface area contributed by atoms with Crippen LogP contribution in [0.1, 0.15) is 12.5 Å². The Morgan fingerprint density at radius 1 is 1.24 bits per heavy atom. The van der Waals surface area contributed by atoms with E-state index in [1.165, 1.54) is 19.1 Å². The zero-order valence-corrected chi connectivity index (χ0v) is 14.7. The van der Waals surface area contributed by atoms with Gasteiger partial charge in [0.2, 0.25) is 0 Å². The summed E-state index contributed by atoms with van der Waals surface area (Å²) in [5, 5.41) is 10.0. The Kier molecular flexibility index (Phi) is 6.29. The fraction of sp³-hybridized carbons (Fsp3) is 0.111. The van der Waals surface area contributed by atoms with Gasteiger partial charge in [-0.2, -0.15) is 5.26 Å². The van der Waals surface area contributed by atoms with E-state index in [0.717, 1.165) is 6.26 Å². The minimum absolute atomic E-state index is 0.179. The average Bonchev–Trinajstić information content (AvgIpc) is 2.58. The number of carbonyl (C=O) groups is 1. The van der Waals surface area contributed by atoms with E-state index in [9.17, 15) is 10.1 Å². The van der Waals surface area contributed by atoms with Crippen molar-refractivity contribution in [1.29, 1.82) is 5.26 Å². The third-order valence-corrected chi connectivity index (χ3v) is 3.56. The van der Waals surface area contributed by atoms with Crippen molar-refractivity contribution in [2.45, 2.75) is 13.0 Å². The monoisotopic (exact) mass is 377 g/mol. The standard InChI is InChI=1S/C18H13Cl2NO4/c1-3-23-18(22)11(2)24-17-9-14(6-4-12(17)10-21)25-16-7-5-13(19)8-15(16)20/h3-9,11H,1H2,2H3. The van der Waals surface area contributed by atoms with Gasteiger partial charge in [0, 0.05) is 11.1 Å². The maximum absolute atomic E-state index is 11.6. The summed E-state index contributed by atoms with van der Waals surface area (Å²) in [6, 6.07) is 11.4. The van der Waals surface area contributed by atoms with Crippen LogP contribution in [-0.2, 0) is 9.53 Å². The number of halogens is 2. The molecule has 2 aromatic rings. The minimum Gasteiger partial charge on any atom is -0.477 e. The molecule has 0 saturated heterocycles. The van der Waals surface area contributed by atoms with Crippen molar-refractivity contribution in [3.63, 3.8) is 0 Å². The largest absolute Gasteiger partial charge is 0.477 e. The Labute approximate surface area is 154 Å². The molecule has 0 aromatic heterocycles. The molecule has 0 N–H and O–H groups in total. The van der Waals surface area contributed by atoms with Gasteiger partial charge in [-0.25, -0.2) is 4.79 Å². The number of carbonyl (C=O) groups excluding carboxylic acids is 1. The van der Waals surface area contributed by atoms with E-state index >= 15 is 0 Å². The van der Waals surface area contributed by atoms with E-state index in [2.05, 4.69) is 11.3 Å². The topological polar surface area (TPSA) is 68.6 Å². The fourth-order valence-electron chi connectivity index (χ4n) is 1.86. The highest BCUT2D eigenvalue weighted by atomic mass is 35.5. The second kappa shape index (κ2) is 8.43. The normalized spacial score (nSPS) is 11.1. The molecular weight excluding hydrogens is 365 g/mol. The molecule has 2 aromatic carbocycles. The van der Waals surface area contributed by atoms with Crippen molar-refractivity contribution < 1.29 is 19.0 Å². The van der Waals surface area contributed by atoms with Crippen LogP contribution >= 0.6 is 23.2 Å². The molecule has 0 aliphatic rings. The van der Waals surface area contributed by atoms with Gasteiger partial charge in [-0.1, -0.05) is 29.8 Å². The first-order chi connectivity index (χ1) is 11.9. The minimum atomic E-state index is -0.931. The Balaban J connectivity index is 2.25. The quantitative estimate of drug-likeness (QED) is 0.516. The summed E-state index contributed by atoms with van der Waals surface area (Å²) in [5.74, 6) is 0.313. The summed E-state index contributed by atoms with van der Waals surface area (Å²) in [4.78, 5) is 11.6. The van der Waals surface area contributed by atoms with Crippen molar-refractivity contribution in [3.05, 3.63) is 64.8 Å². The van der Waals surface area contributed by atoms with Crippen LogP contribution in [0.25, 0.3) is 0 Å². The van der Waals surface area contributed by atoms with Gasteiger partial charge in [-0.15, -0.1) is 0 Å². The van der Waals surface area contributed by atoms with Crippen molar-refractivity contribution in [3.8, 4) is 23.3 Å². The van der Waals surface area contributed by atoms with Gasteiger partial charge in [0.25, 0.3) is 0 Å². The highest BCUT2D eigenvalue weighted by Crippen LogP contribution is 2.34. The summed E-state index contributed by atoms with van der Waals surface area (Å²) in [7, 11) is 0. The molecule has 128 valence electrons. The molecule has 0 aliphatic heterocycles. The number of benzene rings is 2. The van der Waals surface area contributed by atoms with Crippen LogP contribution in [0, 0.1) is 11.3 Å². The molecule has 25 heavy (non-hydrogen) atoms. The van der Waals surface area contributed by atoms with Gasteiger partial charge in [0.15, 0.2) is 6.10 Å². The summed E-state index contributed by atoms with van der Waals surface area (Å²) < 4.78 is 15.8. The van der Waals surface area contributed by atoms with Crippen molar-refractivity contribution >= 4 is 29.2 Å². The van der Waals surface area contributed by atoms with Gasteiger partial charge < -0.3 is 14.2 Å². The van der Waals surface area contributed by atoms with Gasteiger partial charge in [-0.05, 0) is 37.3 Å². The maximum Gasteiger partial charge on any atom is 0.351 e. The zero-order chi connectivity index (χ0) is 18.4. The molecule has 1 unspecified atom stereocenters. The lowest BCUT2D eigenvalue weighted by Gasteiger charge is -2.15. The lowest BCUT2D eigenvalue weighted by Crippen LogP contribution is -2.24. The summed E-state index contributed by atoms with van der Waals surface area (Å²) in [6.45, 7) is 4.80. The predicted octanol–water partition coefficient (Wildman–Crippen LogP) is 5.11. The third kappa shape index (κ3) is 4.90. The molecule has 0 bridgehead atoms. The van der Waals surface area contributed by atoms with Crippen LogP contribution in [0.5, 0.6) is 17.2 Å². The van der Waals surface area contributed by atoms with Gasteiger partial charge >= 0.3 is 5.97 Å². The average molecular weight is 378 g/mol. The zero-order valence-electron chi connectivity index (χ0n) is 13.2. The first-order valence-electron chi connectivity index (χ1n) is 7.09. The van der Waals surface area contributed by atoms with E-state index in [1.54, 1.807) is 24.3 Å². The van der Waals surface area contributed by atoms with Gasteiger partial charge in [-0.3, -0.25) is 0 Å². The molecule has 0 saturated carbocycles. The molecule has 1 atom stereocenters. The smallest absolute Gasteiger partial charge is 0.351 e. The van der Waals surface area contributed by atoms with Crippen molar-refractivity contribution in [2.75, 3.05) is 0 Å². The Bertz CT molecular complexity index is 845. The van der Waals surface area contributed by atoms with Crippen LogP contribution in [0.3, 0.4) is 0 Å². The molecule has 0 radical (unpaired) electrons. The Morgan fingerprint density at radius 2 is 2.00 bits per heavy atom. The molecule has 0 fully saturated rings. The van der Waals surface area contributed by atoms with Crippen LogP contribution in [0.15, 0.2) is 49.2 Å². The highest BCUT2D eigenvalue weighted by molar-refractivity contribution is 6.35. The van der Waals surface area contributed by atoms with Crippen LogP contribution < -0.4 is 9.47 Å². The SMILES string of the molecule is C=COC(=O)C(C)Oc1cc(Oc2ccc(Cl)cc2Cl)ccc1C#N. The number of nitrogens with zero attached hydrogens (tertiary/aromatic N) is 1. The lowest BCUT2D eigenvalue weighted by molar-refractivity contribution is -0.145. The summed E-state index contributed by atoms with van der Waals surface area (Å²) in [6.07, 6.45) is 0.0783. The lowest BCUT2D eigenvalue weighted by atomic mass is 10.2. The molecule has 0 amide bonds. The molecule has 5 nitrogen and oxygen atoms in total. The molecule has 2 rings (SSSR count). The third-order valence-electron chi connectivity index (χ3n) is 3.03. The summed E-state index contributed by atoms with van der Waals surface area (Å²) >= 11 is 11.9. The second-order valence-electron chi connectivity index (χ2n) is 4.81. The fourth-order valence-corrected chi connectivity index (χ4v) is 2.30. The Hall–Kier alpha value is -2.68. The molecule has 0 aliphatic carbocycles.